The summed E-state index contributed by atoms with van der Waals surface area (Å²) in [5, 5.41) is 3.02. The largest absolute Gasteiger partial charge is 0.355 e. The first-order valence-electron chi connectivity index (χ1n) is 9.26. The van der Waals surface area contributed by atoms with Gasteiger partial charge >= 0.3 is 0 Å². The second kappa shape index (κ2) is 7.82. The quantitative estimate of drug-likeness (QED) is 0.903. The van der Waals surface area contributed by atoms with Gasteiger partial charge in [0.15, 0.2) is 0 Å². The van der Waals surface area contributed by atoms with Crippen molar-refractivity contribution in [2.24, 2.45) is 5.92 Å². The molecule has 1 aliphatic carbocycles. The van der Waals surface area contributed by atoms with Gasteiger partial charge in [-0.15, -0.1) is 0 Å². The van der Waals surface area contributed by atoms with Gasteiger partial charge in [-0.2, -0.15) is 0 Å². The molecule has 0 bridgehead atoms. The van der Waals surface area contributed by atoms with Crippen molar-refractivity contribution < 1.29 is 9.59 Å². The summed E-state index contributed by atoms with van der Waals surface area (Å²) < 4.78 is 0. The highest BCUT2D eigenvalue weighted by atomic mass is 16.2. The summed E-state index contributed by atoms with van der Waals surface area (Å²) in [4.78, 5) is 26.6. The Balaban J connectivity index is 1.46. The third-order valence-corrected chi connectivity index (χ3v) is 5.34. The monoisotopic (exact) mass is 328 g/mol. The number of likely N-dealkylation sites (tertiary alicyclic amines) is 1. The van der Waals surface area contributed by atoms with Crippen molar-refractivity contribution in [2.75, 3.05) is 13.1 Å². The number of nitrogens with one attached hydrogen (secondary N) is 1. The van der Waals surface area contributed by atoms with Crippen molar-refractivity contribution in [1.29, 1.82) is 0 Å². The zero-order valence-corrected chi connectivity index (χ0v) is 14.6. The van der Waals surface area contributed by atoms with Crippen LogP contribution in [-0.2, 0) is 16.0 Å². The lowest BCUT2D eigenvalue weighted by molar-refractivity contribution is -0.130. The zero-order valence-electron chi connectivity index (χ0n) is 14.6. The Bertz CT molecular complexity index is 593. The molecular weight excluding hydrogens is 300 g/mol. The van der Waals surface area contributed by atoms with Gasteiger partial charge in [-0.05, 0) is 31.7 Å². The van der Waals surface area contributed by atoms with Gasteiger partial charge < -0.3 is 10.2 Å². The molecule has 1 aromatic carbocycles. The fraction of sp³-hybridized carbons (Fsp3) is 0.600. The van der Waals surface area contributed by atoms with Gasteiger partial charge in [-0.3, -0.25) is 9.59 Å². The van der Waals surface area contributed by atoms with E-state index in [-0.39, 0.29) is 17.7 Å². The Hall–Kier alpha value is -1.84. The molecule has 1 heterocycles. The molecule has 24 heavy (non-hydrogen) atoms. The number of carbonyl (C=O) groups is 2. The average Bonchev–Trinajstić information content (AvgIpc) is 2.98. The number of hydrogen-bond acceptors (Lipinski definition) is 2. The topological polar surface area (TPSA) is 49.4 Å². The van der Waals surface area contributed by atoms with E-state index < -0.39 is 0 Å². The molecule has 1 aromatic rings. The van der Waals surface area contributed by atoms with E-state index in [2.05, 4.69) is 30.4 Å². The van der Waals surface area contributed by atoms with Crippen LogP contribution in [0.2, 0.25) is 0 Å². The highest BCUT2D eigenvalue weighted by Gasteiger charge is 2.37. The average molecular weight is 328 g/mol. The molecule has 4 nitrogen and oxygen atoms in total. The van der Waals surface area contributed by atoms with Crippen LogP contribution in [0.4, 0.5) is 0 Å². The van der Waals surface area contributed by atoms with E-state index in [1.54, 1.807) is 0 Å². The lowest BCUT2D eigenvalue weighted by Gasteiger charge is -2.31. The van der Waals surface area contributed by atoms with Crippen LogP contribution in [0, 0.1) is 12.8 Å². The predicted molar refractivity (Wildman–Crippen MR) is 94.6 cm³/mol. The number of nitrogens with zero attached hydrogens (tertiary/aromatic N) is 1. The Labute approximate surface area is 144 Å². The maximum atomic E-state index is 12.4. The van der Waals surface area contributed by atoms with Crippen LogP contribution >= 0.6 is 0 Å². The van der Waals surface area contributed by atoms with E-state index >= 15 is 0 Å². The number of aryl methyl sites for hydroxylation is 1. The molecule has 2 fully saturated rings. The van der Waals surface area contributed by atoms with E-state index in [0.29, 0.717) is 25.6 Å². The van der Waals surface area contributed by atoms with Gasteiger partial charge in [0.05, 0.1) is 5.92 Å². The Morgan fingerprint density at radius 2 is 2.04 bits per heavy atom. The Morgan fingerprint density at radius 1 is 1.25 bits per heavy atom. The minimum atomic E-state index is -0.170. The van der Waals surface area contributed by atoms with E-state index in [4.69, 9.17) is 0 Å². The van der Waals surface area contributed by atoms with E-state index in [1.165, 1.54) is 30.4 Å². The van der Waals surface area contributed by atoms with Gasteiger partial charge in [0.2, 0.25) is 11.8 Å². The standard InChI is InChI=1S/C20H28N2O2/c1-15-6-5-7-16(12-15)10-11-21-20(24)17-13-19(23)22(14-17)18-8-3-2-4-9-18/h5-7,12,17-18H,2-4,8-11,13-14H2,1H3,(H,21,24). The van der Waals surface area contributed by atoms with Crippen LogP contribution in [0.3, 0.4) is 0 Å². The fourth-order valence-corrected chi connectivity index (χ4v) is 3.99. The lowest BCUT2D eigenvalue weighted by Crippen LogP contribution is -2.39. The molecule has 0 radical (unpaired) electrons. The smallest absolute Gasteiger partial charge is 0.225 e. The normalized spacial score (nSPS) is 22.0. The minimum Gasteiger partial charge on any atom is -0.355 e. The second-order valence-electron chi connectivity index (χ2n) is 7.27. The maximum absolute atomic E-state index is 12.4. The highest BCUT2D eigenvalue weighted by molar-refractivity contribution is 5.89. The highest BCUT2D eigenvalue weighted by Crippen LogP contribution is 2.28. The Morgan fingerprint density at radius 3 is 2.79 bits per heavy atom. The summed E-state index contributed by atoms with van der Waals surface area (Å²) in [6.07, 6.45) is 7.12. The molecule has 1 aliphatic heterocycles. The maximum Gasteiger partial charge on any atom is 0.225 e. The van der Waals surface area contributed by atoms with Crippen LogP contribution in [0.25, 0.3) is 0 Å². The number of carbonyl (C=O) groups excluding carboxylic acids is 2. The van der Waals surface area contributed by atoms with Gasteiger partial charge in [-0.1, -0.05) is 49.1 Å². The van der Waals surface area contributed by atoms with Crippen LogP contribution in [-0.4, -0.2) is 35.8 Å². The fourth-order valence-electron chi connectivity index (χ4n) is 3.99. The number of amides is 2. The van der Waals surface area contributed by atoms with Crippen molar-refractivity contribution in [1.82, 2.24) is 10.2 Å². The van der Waals surface area contributed by atoms with E-state index in [9.17, 15) is 9.59 Å². The number of rotatable bonds is 5. The molecule has 4 heteroatoms. The SMILES string of the molecule is Cc1cccc(CCNC(=O)C2CC(=O)N(C3CCCCC3)C2)c1. The molecule has 2 amide bonds. The van der Waals surface area contributed by atoms with Gasteiger partial charge in [0.25, 0.3) is 0 Å². The minimum absolute atomic E-state index is 0.0364. The van der Waals surface area contributed by atoms with Gasteiger partial charge in [-0.25, -0.2) is 0 Å². The molecule has 1 N–H and O–H groups in total. The summed E-state index contributed by atoms with van der Waals surface area (Å²) in [6, 6.07) is 8.73. The van der Waals surface area contributed by atoms with Crippen molar-refractivity contribution in [2.45, 2.75) is 57.9 Å². The van der Waals surface area contributed by atoms with Crippen LogP contribution in [0.1, 0.15) is 49.7 Å². The predicted octanol–water partition coefficient (Wildman–Crippen LogP) is 2.83. The molecule has 3 rings (SSSR count). The van der Waals surface area contributed by atoms with Gasteiger partial charge in [0.1, 0.15) is 0 Å². The third kappa shape index (κ3) is 4.16. The molecule has 0 spiro atoms. The lowest BCUT2D eigenvalue weighted by atomic mass is 9.94. The van der Waals surface area contributed by atoms with Crippen LogP contribution in [0.5, 0.6) is 0 Å². The van der Waals surface area contributed by atoms with Crippen LogP contribution < -0.4 is 5.32 Å². The second-order valence-corrected chi connectivity index (χ2v) is 7.27. The molecule has 1 saturated carbocycles. The molecule has 2 aliphatic rings. The van der Waals surface area contributed by atoms with E-state index in [0.717, 1.165) is 19.3 Å². The summed E-state index contributed by atoms with van der Waals surface area (Å²) in [5.41, 5.74) is 2.48. The molecule has 1 atom stereocenters. The summed E-state index contributed by atoms with van der Waals surface area (Å²) in [7, 11) is 0. The number of hydrogen-bond donors (Lipinski definition) is 1. The molecule has 130 valence electrons. The summed E-state index contributed by atoms with van der Waals surface area (Å²) in [6.45, 7) is 3.32. The molecule has 1 unspecified atom stereocenters. The zero-order chi connectivity index (χ0) is 16.9. The first-order chi connectivity index (χ1) is 11.6. The number of benzene rings is 1. The molecule has 0 aromatic heterocycles. The Kier molecular flexibility index (Phi) is 5.54. The molecular formula is C20H28N2O2. The van der Waals surface area contributed by atoms with Crippen molar-refractivity contribution in [3.8, 4) is 0 Å². The van der Waals surface area contributed by atoms with Crippen molar-refractivity contribution in [3.05, 3.63) is 35.4 Å². The van der Waals surface area contributed by atoms with Crippen LogP contribution in [0.15, 0.2) is 24.3 Å². The first kappa shape index (κ1) is 17.0. The summed E-state index contributed by atoms with van der Waals surface area (Å²) in [5.74, 6) is 0.0342. The molecule has 1 saturated heterocycles. The van der Waals surface area contributed by atoms with Gasteiger partial charge in [0, 0.05) is 25.6 Å². The summed E-state index contributed by atoms with van der Waals surface area (Å²) >= 11 is 0. The van der Waals surface area contributed by atoms with Crippen molar-refractivity contribution >= 4 is 11.8 Å². The third-order valence-electron chi connectivity index (χ3n) is 5.34. The first-order valence-corrected chi connectivity index (χ1v) is 9.26. The van der Waals surface area contributed by atoms with E-state index in [1.807, 2.05) is 11.0 Å². The van der Waals surface area contributed by atoms with Crippen molar-refractivity contribution in [3.63, 3.8) is 0 Å².